The van der Waals surface area contributed by atoms with E-state index in [1.807, 2.05) is 49.8 Å². The Morgan fingerprint density at radius 2 is 1.34 bits per heavy atom. The second kappa shape index (κ2) is 14.8. The number of nitrogens with zero attached hydrogens (tertiary/aromatic N) is 8. The van der Waals surface area contributed by atoms with Crippen LogP contribution in [-0.2, 0) is 0 Å². The van der Waals surface area contributed by atoms with E-state index in [1.165, 1.54) is 4.85 Å². The van der Waals surface area contributed by atoms with Gasteiger partial charge in [-0.1, -0.05) is 0 Å². The van der Waals surface area contributed by atoms with Gasteiger partial charge >= 0.3 is 26.6 Å². The van der Waals surface area contributed by atoms with Crippen molar-refractivity contribution >= 4 is 37.7 Å². The molecule has 0 aromatic carbocycles. The normalized spacial score (nSPS) is 10.4. The van der Waals surface area contributed by atoms with Crippen LogP contribution in [-0.4, -0.2) is 127 Å². The van der Waals surface area contributed by atoms with Gasteiger partial charge in [0.05, 0.1) is 56.4 Å². The number of pyridine rings is 1. The van der Waals surface area contributed by atoms with Crippen LogP contribution in [0.4, 0.5) is 34.5 Å². The summed E-state index contributed by atoms with van der Waals surface area (Å²) in [5.41, 5.74) is 1.29. The Labute approximate surface area is 196 Å². The third-order valence-corrected chi connectivity index (χ3v) is 2.91. The molecule has 0 radical (unpaired) electrons. The summed E-state index contributed by atoms with van der Waals surface area (Å²) in [6.07, 6.45) is 1.68. The Morgan fingerprint density at radius 1 is 0.886 bits per heavy atom. The van der Waals surface area contributed by atoms with Crippen molar-refractivity contribution < 1.29 is 53.6 Å². The number of aliphatic hydroxyl groups excluding tert-OH is 1. The van der Waals surface area contributed by atoms with E-state index in [0.717, 1.165) is 0 Å². The Bertz CT molecular complexity index is 932. The lowest BCUT2D eigenvalue weighted by Gasteiger charge is -2.09. The number of rotatable bonds is 1. The minimum absolute atomic E-state index is 0.269. The molecule has 2 aromatic rings. The van der Waals surface area contributed by atoms with Gasteiger partial charge in [0, 0.05) is 6.20 Å². The van der Waals surface area contributed by atoms with Crippen LogP contribution in [0.2, 0.25) is 0 Å². The van der Waals surface area contributed by atoms with Crippen LogP contribution in [0, 0.1) is 0 Å². The van der Waals surface area contributed by atoms with E-state index in [2.05, 4.69) is 15.3 Å². The van der Waals surface area contributed by atoms with E-state index in [-0.39, 0.29) is 6.02 Å². The van der Waals surface area contributed by atoms with E-state index in [4.69, 9.17) is 9.94 Å². The summed E-state index contributed by atoms with van der Waals surface area (Å²) in [7, 11) is 2.71. The summed E-state index contributed by atoms with van der Waals surface area (Å²) in [4.78, 5) is 14.6. The molecule has 0 bridgehead atoms. The molecule has 20 heteroatoms. The monoisotopic (exact) mass is 526 g/mol. The highest BCUT2D eigenvalue weighted by Gasteiger charge is 2.21. The standard InChI is InChI=1S/C10H15N6O.C5H12N2O.2BF4/c1-14(2)10(15(3)4)17-16-9-8(12-13-16)6-5-7-11-9;1-6(2)5(8)7(3)4;2*2-1(3,4)5/h5-7H,1-4H3;1-4H3;;/q+1;;2*-1/p+1. The molecule has 0 fully saturated rings. The van der Waals surface area contributed by atoms with E-state index in [1.54, 1.807) is 43.9 Å². The molecular weight excluding hydrogens is 498 g/mol. The van der Waals surface area contributed by atoms with Crippen LogP contribution in [0.25, 0.3) is 11.2 Å². The Hall–Kier alpha value is -3.34. The summed E-state index contributed by atoms with van der Waals surface area (Å²) in [6.45, 7) is 0. The van der Waals surface area contributed by atoms with Crippen molar-refractivity contribution in [2.24, 2.45) is 0 Å². The van der Waals surface area contributed by atoms with Crippen LogP contribution >= 0.6 is 0 Å². The number of amidine groups is 2. The predicted molar refractivity (Wildman–Crippen MR) is 117 cm³/mol. The smallest absolute Gasteiger partial charge is 0.447 e. The maximum atomic E-state index is 9.75. The van der Waals surface area contributed by atoms with Gasteiger partial charge in [-0.3, -0.25) is 4.84 Å². The first kappa shape index (κ1) is 33.8. The van der Waals surface area contributed by atoms with Gasteiger partial charge < -0.3 is 39.6 Å². The lowest BCUT2D eigenvalue weighted by molar-refractivity contribution is -0.480. The topological polar surface area (TPSA) is 85.6 Å². The summed E-state index contributed by atoms with van der Waals surface area (Å²) < 4.78 is 81.5. The van der Waals surface area contributed by atoms with Gasteiger partial charge in [-0.2, -0.15) is 0 Å². The maximum absolute atomic E-state index is 9.75. The van der Waals surface area contributed by atoms with Gasteiger partial charge in [0.15, 0.2) is 0 Å². The van der Waals surface area contributed by atoms with Crippen molar-refractivity contribution in [2.75, 3.05) is 56.4 Å². The van der Waals surface area contributed by atoms with Crippen molar-refractivity contribution in [3.8, 4) is 0 Å². The molecule has 2 rings (SSSR count). The molecule has 0 amide bonds. The van der Waals surface area contributed by atoms with Crippen molar-refractivity contribution in [3.63, 3.8) is 0 Å². The first-order chi connectivity index (χ1) is 15.6. The molecule has 0 unspecified atom stereocenters. The SMILES string of the molecule is CN(C)C(O)=[N+](C)C.CN(C)C(On1nnc2cccnc21)=[N+](C)C.F[B-](F)(F)F.F[B-](F)(F)F. The molecule has 0 atom stereocenters. The number of hydrogen-bond donors (Lipinski definition) is 1. The molecule has 0 aliphatic rings. The third kappa shape index (κ3) is 18.7. The number of fused-ring (bicyclic) bond motifs is 1. The molecule has 10 nitrogen and oxygen atoms in total. The fourth-order valence-electron chi connectivity index (χ4n) is 1.85. The average Bonchev–Trinajstić information content (AvgIpc) is 3.05. The molecule has 1 N–H and O–H groups in total. The molecule has 2 heterocycles. The molecule has 0 aliphatic carbocycles. The lowest BCUT2D eigenvalue weighted by atomic mass is 10.3. The van der Waals surface area contributed by atoms with Gasteiger partial charge in [0.2, 0.25) is 5.65 Å². The molecule has 202 valence electrons. The van der Waals surface area contributed by atoms with E-state index in [9.17, 15) is 34.5 Å². The number of halogens is 8. The van der Waals surface area contributed by atoms with Gasteiger partial charge in [-0.25, -0.2) is 23.9 Å². The predicted octanol–water partition coefficient (Wildman–Crippen LogP) is 1.78. The second-order valence-corrected chi connectivity index (χ2v) is 7.05. The minimum atomic E-state index is -6.00. The Kier molecular flexibility index (Phi) is 14.3. The highest BCUT2D eigenvalue weighted by molar-refractivity contribution is 6.50. The third-order valence-electron chi connectivity index (χ3n) is 2.91. The van der Waals surface area contributed by atoms with E-state index >= 15 is 0 Å². The fraction of sp³-hybridized carbons (Fsp3) is 0.533. The summed E-state index contributed by atoms with van der Waals surface area (Å²) in [6, 6.07) is 4.55. The molecule has 0 aliphatic heterocycles. The Balaban J connectivity index is 0. The quantitative estimate of drug-likeness (QED) is 0.200. The van der Waals surface area contributed by atoms with Crippen LogP contribution < -0.4 is 4.84 Å². The van der Waals surface area contributed by atoms with Gasteiger partial charge in [0.25, 0.3) is 0 Å². The zero-order valence-electron chi connectivity index (χ0n) is 20.3. The van der Waals surface area contributed by atoms with Crippen molar-refractivity contribution in [2.45, 2.75) is 0 Å². The molecular formula is C15H28B2F8N8O2. The average molecular weight is 526 g/mol. The van der Waals surface area contributed by atoms with Crippen molar-refractivity contribution in [1.29, 1.82) is 0 Å². The first-order valence-corrected chi connectivity index (χ1v) is 9.36. The van der Waals surface area contributed by atoms with Gasteiger partial charge in [0.1, 0.15) is 5.52 Å². The summed E-state index contributed by atoms with van der Waals surface area (Å²) >= 11 is 0. The number of aliphatic hydroxyl groups is 1. The van der Waals surface area contributed by atoms with Gasteiger partial charge in [-0.05, 0) is 22.2 Å². The van der Waals surface area contributed by atoms with E-state index < -0.39 is 14.5 Å². The fourth-order valence-corrected chi connectivity index (χ4v) is 1.85. The van der Waals surface area contributed by atoms with Crippen molar-refractivity contribution in [3.05, 3.63) is 18.3 Å². The lowest BCUT2D eigenvalue weighted by Crippen LogP contribution is -2.39. The van der Waals surface area contributed by atoms with Crippen LogP contribution in [0.5, 0.6) is 0 Å². The Morgan fingerprint density at radius 3 is 1.66 bits per heavy atom. The van der Waals surface area contributed by atoms with E-state index in [0.29, 0.717) is 17.2 Å². The largest absolute Gasteiger partial charge is 0.673 e. The molecule has 0 saturated heterocycles. The molecule has 2 aromatic heterocycles. The maximum Gasteiger partial charge on any atom is 0.673 e. The van der Waals surface area contributed by atoms with Gasteiger partial charge in [-0.15, -0.1) is 5.10 Å². The minimum Gasteiger partial charge on any atom is -0.447 e. The van der Waals surface area contributed by atoms with Crippen molar-refractivity contribution in [1.82, 2.24) is 29.9 Å². The van der Waals surface area contributed by atoms with Crippen LogP contribution in [0.3, 0.4) is 0 Å². The van der Waals surface area contributed by atoms with Crippen LogP contribution in [0.1, 0.15) is 0 Å². The molecule has 0 saturated carbocycles. The second-order valence-electron chi connectivity index (χ2n) is 7.05. The summed E-state index contributed by atoms with van der Waals surface area (Å²) in [5, 5.41) is 16.8. The number of aromatic nitrogens is 4. The highest BCUT2D eigenvalue weighted by atomic mass is 19.5. The molecule has 0 spiro atoms. The molecule has 35 heavy (non-hydrogen) atoms. The number of hydrogen-bond acceptors (Lipinski definition) is 4. The zero-order chi connectivity index (χ0) is 28.1. The highest BCUT2D eigenvalue weighted by Crippen LogP contribution is 2.07. The summed E-state index contributed by atoms with van der Waals surface area (Å²) in [5.74, 6) is 0. The van der Waals surface area contributed by atoms with Crippen LogP contribution in [0.15, 0.2) is 18.3 Å². The first-order valence-electron chi connectivity index (χ1n) is 9.36. The zero-order valence-corrected chi connectivity index (χ0v) is 20.3.